The molecule has 1 fully saturated rings. The number of amides is 1. The summed E-state index contributed by atoms with van der Waals surface area (Å²) in [6.07, 6.45) is 4.14. The standard InChI is InChI=1S/C18H20Cl2N2O4/c1-22(18(12-21)7-3-2-4-8-18)16(23)10-26-17(24)11-25-15-6-5-13(19)9-14(15)20/h5-6,9H,2-4,7-8,10-11H2,1H3. The van der Waals surface area contributed by atoms with Crippen LogP contribution in [-0.4, -0.2) is 42.6 Å². The van der Waals surface area contributed by atoms with Gasteiger partial charge >= 0.3 is 5.97 Å². The van der Waals surface area contributed by atoms with Crippen molar-refractivity contribution in [2.75, 3.05) is 20.3 Å². The van der Waals surface area contributed by atoms with Crippen molar-refractivity contribution in [2.45, 2.75) is 37.6 Å². The molecule has 1 amide bonds. The molecule has 0 N–H and O–H groups in total. The molecule has 0 radical (unpaired) electrons. The first-order chi connectivity index (χ1) is 12.4. The van der Waals surface area contributed by atoms with Gasteiger partial charge in [0, 0.05) is 12.1 Å². The molecule has 1 saturated carbocycles. The smallest absolute Gasteiger partial charge is 0.344 e. The van der Waals surface area contributed by atoms with Crippen LogP contribution < -0.4 is 4.74 Å². The molecule has 0 heterocycles. The topological polar surface area (TPSA) is 79.6 Å². The van der Waals surface area contributed by atoms with Crippen LogP contribution in [0.1, 0.15) is 32.1 Å². The van der Waals surface area contributed by atoms with E-state index >= 15 is 0 Å². The first kappa shape index (κ1) is 20.3. The van der Waals surface area contributed by atoms with Gasteiger partial charge in [0.1, 0.15) is 11.3 Å². The Hall–Kier alpha value is -1.97. The number of carbonyl (C=O) groups excluding carboxylic acids is 2. The van der Waals surface area contributed by atoms with Crippen molar-refractivity contribution in [1.29, 1.82) is 5.26 Å². The number of carbonyl (C=O) groups is 2. The van der Waals surface area contributed by atoms with Gasteiger partial charge in [0.2, 0.25) is 0 Å². The number of hydrogen-bond acceptors (Lipinski definition) is 5. The van der Waals surface area contributed by atoms with E-state index < -0.39 is 24.0 Å². The number of esters is 1. The van der Waals surface area contributed by atoms with Crippen molar-refractivity contribution < 1.29 is 19.1 Å². The van der Waals surface area contributed by atoms with E-state index in [-0.39, 0.29) is 11.6 Å². The van der Waals surface area contributed by atoms with Crippen molar-refractivity contribution in [2.24, 2.45) is 0 Å². The van der Waals surface area contributed by atoms with Crippen molar-refractivity contribution in [3.8, 4) is 11.8 Å². The summed E-state index contributed by atoms with van der Waals surface area (Å²) in [4.78, 5) is 25.5. The van der Waals surface area contributed by atoms with Gasteiger partial charge in [-0.3, -0.25) is 4.79 Å². The Morgan fingerprint density at radius 1 is 1.23 bits per heavy atom. The number of rotatable bonds is 6. The second-order valence-electron chi connectivity index (χ2n) is 6.18. The van der Waals surface area contributed by atoms with E-state index in [1.807, 2.05) is 0 Å². The minimum atomic E-state index is -0.810. The van der Waals surface area contributed by atoms with E-state index in [0.717, 1.165) is 19.3 Å². The van der Waals surface area contributed by atoms with Gasteiger partial charge in [0.25, 0.3) is 5.91 Å². The molecule has 2 rings (SSSR count). The summed E-state index contributed by atoms with van der Waals surface area (Å²) in [7, 11) is 1.58. The van der Waals surface area contributed by atoms with Crippen LogP contribution in [0.5, 0.6) is 5.75 Å². The average Bonchev–Trinajstić information content (AvgIpc) is 2.65. The number of nitriles is 1. The molecular weight excluding hydrogens is 379 g/mol. The number of nitrogens with zero attached hydrogens (tertiary/aromatic N) is 2. The van der Waals surface area contributed by atoms with Crippen LogP contribution in [0.2, 0.25) is 10.0 Å². The van der Waals surface area contributed by atoms with Crippen molar-refractivity contribution in [3.05, 3.63) is 28.2 Å². The lowest BCUT2D eigenvalue weighted by molar-refractivity contribution is -0.155. The third kappa shape index (κ3) is 5.03. The Balaban J connectivity index is 1.82. The molecule has 1 aliphatic rings. The zero-order chi connectivity index (χ0) is 19.2. The second-order valence-corrected chi connectivity index (χ2v) is 7.02. The molecular formula is C18H20Cl2N2O4. The molecule has 0 saturated heterocycles. The number of ether oxygens (including phenoxy) is 2. The number of likely N-dealkylation sites (N-methyl/N-ethyl adjacent to an activating group) is 1. The Bertz CT molecular complexity index is 712. The SMILES string of the molecule is CN(C(=O)COC(=O)COc1ccc(Cl)cc1Cl)C1(C#N)CCCCC1. The maximum atomic E-state index is 12.3. The molecule has 0 aliphatic heterocycles. The van der Waals surface area contributed by atoms with Crippen LogP contribution in [0.4, 0.5) is 0 Å². The van der Waals surface area contributed by atoms with E-state index in [1.165, 1.54) is 17.0 Å². The highest BCUT2D eigenvalue weighted by Gasteiger charge is 2.38. The molecule has 1 aromatic rings. The summed E-state index contributed by atoms with van der Waals surface area (Å²) in [5, 5.41) is 10.2. The molecule has 0 bridgehead atoms. The summed E-state index contributed by atoms with van der Waals surface area (Å²) in [6.45, 7) is -0.821. The largest absolute Gasteiger partial charge is 0.480 e. The van der Waals surface area contributed by atoms with Crippen molar-refractivity contribution in [3.63, 3.8) is 0 Å². The van der Waals surface area contributed by atoms with Gasteiger partial charge in [-0.1, -0.05) is 42.5 Å². The highest BCUT2D eigenvalue weighted by atomic mass is 35.5. The third-order valence-electron chi connectivity index (χ3n) is 4.50. The molecule has 0 aromatic heterocycles. The van der Waals surface area contributed by atoms with E-state index in [2.05, 4.69) is 6.07 Å². The first-order valence-corrected chi connectivity index (χ1v) is 9.05. The van der Waals surface area contributed by atoms with Gasteiger partial charge in [-0.15, -0.1) is 0 Å². The van der Waals surface area contributed by atoms with Crippen molar-refractivity contribution in [1.82, 2.24) is 4.90 Å². The van der Waals surface area contributed by atoms with Crippen molar-refractivity contribution >= 4 is 35.1 Å². The monoisotopic (exact) mass is 398 g/mol. The van der Waals surface area contributed by atoms with Gasteiger partial charge < -0.3 is 14.4 Å². The maximum absolute atomic E-state index is 12.3. The molecule has 26 heavy (non-hydrogen) atoms. The normalized spacial score (nSPS) is 15.6. The molecule has 6 nitrogen and oxygen atoms in total. The summed E-state index contributed by atoms with van der Waals surface area (Å²) < 4.78 is 10.2. The van der Waals surface area contributed by atoms with Crippen LogP contribution in [0, 0.1) is 11.3 Å². The predicted octanol–water partition coefficient (Wildman–Crippen LogP) is 3.60. The van der Waals surface area contributed by atoms with Crippen LogP contribution in [0.15, 0.2) is 18.2 Å². The fraction of sp³-hybridized carbons (Fsp3) is 0.500. The second kappa shape index (κ2) is 9.11. The van der Waals surface area contributed by atoms with E-state index in [1.54, 1.807) is 13.1 Å². The van der Waals surface area contributed by atoms with E-state index in [9.17, 15) is 14.9 Å². The Kier molecular flexibility index (Phi) is 7.13. The highest BCUT2D eigenvalue weighted by Crippen LogP contribution is 2.32. The molecule has 140 valence electrons. The molecule has 1 aromatic carbocycles. The summed E-state index contributed by atoms with van der Waals surface area (Å²) in [5.41, 5.74) is -0.810. The fourth-order valence-corrected chi connectivity index (χ4v) is 3.37. The van der Waals surface area contributed by atoms with Crippen LogP contribution >= 0.6 is 23.2 Å². The highest BCUT2D eigenvalue weighted by molar-refractivity contribution is 6.35. The van der Waals surface area contributed by atoms with Gasteiger partial charge in [-0.25, -0.2) is 4.79 Å². The number of hydrogen-bond donors (Lipinski definition) is 0. The molecule has 1 aliphatic carbocycles. The quantitative estimate of drug-likeness (QED) is 0.683. The molecule has 0 atom stereocenters. The number of benzene rings is 1. The zero-order valence-electron chi connectivity index (χ0n) is 14.5. The lowest BCUT2D eigenvalue weighted by atomic mass is 9.81. The average molecular weight is 399 g/mol. The van der Waals surface area contributed by atoms with Gasteiger partial charge in [0.15, 0.2) is 13.2 Å². The van der Waals surface area contributed by atoms with Crippen LogP contribution in [-0.2, 0) is 14.3 Å². The van der Waals surface area contributed by atoms with Gasteiger partial charge in [0.05, 0.1) is 11.1 Å². The third-order valence-corrected chi connectivity index (χ3v) is 5.03. The minimum absolute atomic E-state index is 0.273. The molecule has 0 unspecified atom stereocenters. The van der Waals surface area contributed by atoms with Crippen LogP contribution in [0.25, 0.3) is 0 Å². The lowest BCUT2D eigenvalue weighted by Crippen LogP contribution is -2.51. The van der Waals surface area contributed by atoms with Gasteiger partial charge in [-0.05, 0) is 31.0 Å². The summed E-state index contributed by atoms with van der Waals surface area (Å²) >= 11 is 11.7. The Morgan fingerprint density at radius 2 is 1.92 bits per heavy atom. The summed E-state index contributed by atoms with van der Waals surface area (Å²) in [5.74, 6) is -0.819. The predicted molar refractivity (Wildman–Crippen MR) is 97.1 cm³/mol. The fourth-order valence-electron chi connectivity index (χ4n) is 2.91. The van der Waals surface area contributed by atoms with Crippen LogP contribution in [0.3, 0.4) is 0 Å². The van der Waals surface area contributed by atoms with E-state index in [0.29, 0.717) is 23.6 Å². The first-order valence-electron chi connectivity index (χ1n) is 8.29. The zero-order valence-corrected chi connectivity index (χ0v) is 16.0. The number of halogens is 2. The van der Waals surface area contributed by atoms with Gasteiger partial charge in [-0.2, -0.15) is 5.26 Å². The molecule has 8 heteroatoms. The molecule has 0 spiro atoms. The Morgan fingerprint density at radius 3 is 2.54 bits per heavy atom. The Labute approximate surface area is 162 Å². The lowest BCUT2D eigenvalue weighted by Gasteiger charge is -2.38. The minimum Gasteiger partial charge on any atom is -0.480 e. The van der Waals surface area contributed by atoms with E-state index in [4.69, 9.17) is 32.7 Å². The summed E-state index contributed by atoms with van der Waals surface area (Å²) in [6, 6.07) is 6.87. The maximum Gasteiger partial charge on any atom is 0.344 e.